The molecule has 7 nitrogen and oxygen atoms in total. The van der Waals surface area contributed by atoms with Gasteiger partial charge in [-0.05, 0) is 39.7 Å². The first kappa shape index (κ1) is 19.5. The van der Waals surface area contributed by atoms with Crippen LogP contribution in [-0.2, 0) is 9.53 Å². The highest BCUT2D eigenvalue weighted by Crippen LogP contribution is 2.37. The first-order valence-electron chi connectivity index (χ1n) is 6.83. The summed E-state index contributed by atoms with van der Waals surface area (Å²) in [6, 6.07) is 7.00. The standard InChI is InChI=1S/C16H16BrN3O4/c1-22-6-4-20-16(21)12(10-19)7-11-8-13(17)15(24-5-3-18)14(9-11)23-2/h7-9H,4-6H2,1-2H3,(H,20,21)/b12-7+. The molecule has 0 fully saturated rings. The van der Waals surface area contributed by atoms with E-state index >= 15 is 0 Å². The van der Waals surface area contributed by atoms with Crippen LogP contribution in [0.1, 0.15) is 5.56 Å². The minimum atomic E-state index is -0.491. The van der Waals surface area contributed by atoms with E-state index in [9.17, 15) is 4.79 Å². The van der Waals surface area contributed by atoms with Crippen molar-refractivity contribution >= 4 is 27.9 Å². The summed E-state index contributed by atoms with van der Waals surface area (Å²) in [6.07, 6.45) is 1.43. The fraction of sp³-hybridized carbons (Fsp3) is 0.312. The number of benzene rings is 1. The van der Waals surface area contributed by atoms with E-state index in [1.165, 1.54) is 20.3 Å². The third-order valence-electron chi connectivity index (χ3n) is 2.80. The van der Waals surface area contributed by atoms with Crippen LogP contribution in [0.25, 0.3) is 6.08 Å². The summed E-state index contributed by atoms with van der Waals surface area (Å²) in [7, 11) is 2.98. The second-order valence-corrected chi connectivity index (χ2v) is 5.25. The minimum Gasteiger partial charge on any atom is -0.493 e. The number of rotatable bonds is 8. The number of amides is 1. The minimum absolute atomic E-state index is 0.0502. The number of nitrogens with zero attached hydrogens (tertiary/aromatic N) is 2. The lowest BCUT2D eigenvalue weighted by molar-refractivity contribution is -0.117. The Balaban J connectivity index is 3.08. The molecule has 8 heteroatoms. The number of ether oxygens (including phenoxy) is 3. The maximum atomic E-state index is 11.9. The molecule has 1 rings (SSSR count). The van der Waals surface area contributed by atoms with Gasteiger partial charge in [0.2, 0.25) is 0 Å². The fourth-order valence-corrected chi connectivity index (χ4v) is 2.32. The Bertz CT molecular complexity index is 704. The molecule has 0 spiro atoms. The molecule has 0 bridgehead atoms. The zero-order chi connectivity index (χ0) is 17.9. The van der Waals surface area contributed by atoms with Crippen molar-refractivity contribution in [2.45, 2.75) is 0 Å². The fourth-order valence-electron chi connectivity index (χ4n) is 1.74. The van der Waals surface area contributed by atoms with Crippen molar-refractivity contribution in [3.8, 4) is 23.6 Å². The van der Waals surface area contributed by atoms with Crippen LogP contribution in [0.2, 0.25) is 0 Å². The smallest absolute Gasteiger partial charge is 0.262 e. The molecule has 0 aromatic heterocycles. The lowest BCUT2D eigenvalue weighted by Crippen LogP contribution is -2.27. The quantitative estimate of drug-likeness (QED) is 0.411. The average Bonchev–Trinajstić information content (AvgIpc) is 2.58. The molecule has 0 heterocycles. The summed E-state index contributed by atoms with van der Waals surface area (Å²) in [4.78, 5) is 11.9. The molecule has 0 aliphatic carbocycles. The molecule has 1 aromatic carbocycles. The molecule has 0 radical (unpaired) electrons. The predicted molar refractivity (Wildman–Crippen MR) is 90.3 cm³/mol. The van der Waals surface area contributed by atoms with Gasteiger partial charge in [0.1, 0.15) is 17.7 Å². The van der Waals surface area contributed by atoms with Gasteiger partial charge in [0, 0.05) is 13.7 Å². The molecule has 0 atom stereocenters. The number of nitriles is 2. The first-order chi connectivity index (χ1) is 11.6. The van der Waals surface area contributed by atoms with E-state index in [1.807, 2.05) is 12.1 Å². The Morgan fingerprint density at radius 2 is 2.12 bits per heavy atom. The van der Waals surface area contributed by atoms with Crippen LogP contribution in [0.5, 0.6) is 11.5 Å². The molecule has 24 heavy (non-hydrogen) atoms. The van der Waals surface area contributed by atoms with Crippen molar-refractivity contribution in [1.29, 1.82) is 10.5 Å². The van der Waals surface area contributed by atoms with Crippen molar-refractivity contribution in [3.63, 3.8) is 0 Å². The van der Waals surface area contributed by atoms with Crippen LogP contribution in [0, 0.1) is 22.7 Å². The van der Waals surface area contributed by atoms with Crippen molar-refractivity contribution < 1.29 is 19.0 Å². The SMILES string of the molecule is COCCNC(=O)/C(C#N)=C/c1cc(Br)c(OCC#N)c(OC)c1. The van der Waals surface area contributed by atoms with Crippen LogP contribution in [0.15, 0.2) is 22.2 Å². The number of halogens is 1. The predicted octanol–water partition coefficient (Wildman–Crippen LogP) is 2.03. The number of hydrogen-bond donors (Lipinski definition) is 1. The highest BCUT2D eigenvalue weighted by atomic mass is 79.9. The summed E-state index contributed by atoms with van der Waals surface area (Å²) in [5.41, 5.74) is 0.521. The summed E-state index contributed by atoms with van der Waals surface area (Å²) < 4.78 is 15.9. The monoisotopic (exact) mass is 393 g/mol. The lowest BCUT2D eigenvalue weighted by atomic mass is 10.1. The molecule has 1 aromatic rings. The lowest BCUT2D eigenvalue weighted by Gasteiger charge is -2.11. The molecule has 0 aliphatic rings. The molecular weight excluding hydrogens is 378 g/mol. The summed E-state index contributed by atoms with van der Waals surface area (Å²) in [5.74, 6) is 0.261. The van der Waals surface area contributed by atoms with E-state index in [2.05, 4.69) is 21.2 Å². The molecule has 0 unspecified atom stereocenters. The van der Waals surface area contributed by atoms with E-state index in [0.29, 0.717) is 34.7 Å². The normalized spacial score (nSPS) is 10.5. The molecule has 1 N–H and O–H groups in total. The van der Waals surface area contributed by atoms with Gasteiger partial charge in [-0.1, -0.05) is 0 Å². The highest BCUT2D eigenvalue weighted by Gasteiger charge is 2.13. The Kier molecular flexibility index (Phi) is 8.34. The second kappa shape index (κ2) is 10.3. The van der Waals surface area contributed by atoms with Gasteiger partial charge < -0.3 is 19.5 Å². The van der Waals surface area contributed by atoms with Gasteiger partial charge in [-0.3, -0.25) is 4.79 Å². The summed E-state index contributed by atoms with van der Waals surface area (Å²) >= 11 is 3.33. The van der Waals surface area contributed by atoms with Crippen molar-refractivity contribution in [2.75, 3.05) is 34.0 Å². The molecule has 0 aliphatic heterocycles. The zero-order valence-electron chi connectivity index (χ0n) is 13.3. The number of nitrogens with one attached hydrogen (secondary N) is 1. The Labute approximate surface area is 148 Å². The maximum absolute atomic E-state index is 11.9. The van der Waals surface area contributed by atoms with Crippen LogP contribution in [0.3, 0.4) is 0 Å². The average molecular weight is 394 g/mol. The van der Waals surface area contributed by atoms with Gasteiger partial charge >= 0.3 is 0 Å². The van der Waals surface area contributed by atoms with E-state index in [0.717, 1.165) is 0 Å². The number of carbonyl (C=O) groups excluding carboxylic acids is 1. The Morgan fingerprint density at radius 1 is 1.38 bits per heavy atom. The largest absolute Gasteiger partial charge is 0.493 e. The molecule has 0 saturated carbocycles. The molecule has 0 saturated heterocycles. The van der Waals surface area contributed by atoms with Gasteiger partial charge in [-0.25, -0.2) is 0 Å². The van der Waals surface area contributed by atoms with Gasteiger partial charge in [0.05, 0.1) is 18.2 Å². The van der Waals surface area contributed by atoms with Crippen molar-refractivity contribution in [3.05, 3.63) is 27.7 Å². The molecular formula is C16H16BrN3O4. The van der Waals surface area contributed by atoms with E-state index in [1.54, 1.807) is 12.1 Å². The van der Waals surface area contributed by atoms with Gasteiger partial charge in [-0.15, -0.1) is 0 Å². The van der Waals surface area contributed by atoms with E-state index in [4.69, 9.17) is 24.7 Å². The van der Waals surface area contributed by atoms with E-state index in [-0.39, 0.29) is 12.2 Å². The Hall–Kier alpha value is -2.55. The third kappa shape index (κ3) is 5.58. The van der Waals surface area contributed by atoms with E-state index < -0.39 is 5.91 Å². The van der Waals surface area contributed by atoms with Crippen LogP contribution in [0.4, 0.5) is 0 Å². The summed E-state index contributed by atoms with van der Waals surface area (Å²) in [6.45, 7) is 0.534. The van der Waals surface area contributed by atoms with Gasteiger partial charge in [0.15, 0.2) is 18.1 Å². The van der Waals surface area contributed by atoms with Crippen LogP contribution in [-0.4, -0.2) is 39.9 Å². The topological polar surface area (TPSA) is 104 Å². The van der Waals surface area contributed by atoms with Crippen molar-refractivity contribution in [2.24, 2.45) is 0 Å². The highest BCUT2D eigenvalue weighted by molar-refractivity contribution is 9.10. The van der Waals surface area contributed by atoms with Crippen molar-refractivity contribution in [1.82, 2.24) is 5.32 Å². The number of methoxy groups -OCH3 is 2. The van der Waals surface area contributed by atoms with Gasteiger partial charge in [0.25, 0.3) is 5.91 Å². The third-order valence-corrected chi connectivity index (χ3v) is 3.39. The van der Waals surface area contributed by atoms with Crippen LogP contribution < -0.4 is 14.8 Å². The maximum Gasteiger partial charge on any atom is 0.262 e. The summed E-state index contributed by atoms with van der Waals surface area (Å²) in [5, 5.41) is 20.4. The Morgan fingerprint density at radius 3 is 2.71 bits per heavy atom. The van der Waals surface area contributed by atoms with Gasteiger partial charge in [-0.2, -0.15) is 10.5 Å². The van der Waals surface area contributed by atoms with Crippen LogP contribution >= 0.6 is 15.9 Å². The first-order valence-corrected chi connectivity index (χ1v) is 7.62. The number of hydrogen-bond acceptors (Lipinski definition) is 6. The second-order valence-electron chi connectivity index (χ2n) is 4.40. The molecule has 126 valence electrons. The number of carbonyl (C=O) groups is 1. The zero-order valence-corrected chi connectivity index (χ0v) is 14.8. The molecule has 1 amide bonds.